The van der Waals surface area contributed by atoms with Gasteiger partial charge in [-0.1, -0.05) is 244 Å². The minimum Gasteiger partial charge on any atom is -0.493 e. The summed E-state index contributed by atoms with van der Waals surface area (Å²) in [6.45, 7) is 9.15. The molecule has 0 radical (unpaired) electrons. The number of rotatable bonds is 39. The van der Waals surface area contributed by atoms with Crippen LogP contribution in [0.2, 0.25) is 0 Å². The van der Waals surface area contributed by atoms with E-state index in [1.807, 2.05) is 0 Å². The first-order chi connectivity index (χ1) is 29.6. The maximum absolute atomic E-state index is 12.2. The fourth-order valence-corrected chi connectivity index (χ4v) is 9.32. The molecule has 0 unspecified atom stereocenters. The molecule has 1 aliphatic rings. The van der Waals surface area contributed by atoms with E-state index in [9.17, 15) is 5.53 Å². The number of hydrogen-bond acceptors (Lipinski definition) is 0. The Morgan fingerprint density at radius 3 is 1.18 bits per heavy atom. The Labute approximate surface area is 389 Å². The minimum atomic E-state index is 0. The molecule has 0 N–H and O–H groups in total. The van der Waals surface area contributed by atoms with Crippen LogP contribution in [0.25, 0.3) is 16.9 Å². The van der Waals surface area contributed by atoms with Crippen LogP contribution in [0.3, 0.4) is 0 Å². The molecular weight excluding hydrogens is 783 g/mol. The zero-order valence-corrected chi connectivity index (χ0v) is 41.4. The summed E-state index contributed by atoms with van der Waals surface area (Å²) in [6.07, 6.45) is 52.8. The van der Waals surface area contributed by atoms with E-state index in [0.29, 0.717) is 0 Å². The molecule has 0 saturated carbocycles. The van der Waals surface area contributed by atoms with Crippen molar-refractivity contribution in [2.45, 2.75) is 259 Å². The molecule has 2 aromatic carbocycles. The van der Waals surface area contributed by atoms with Crippen molar-refractivity contribution >= 4 is 11.4 Å². The summed E-state index contributed by atoms with van der Waals surface area (Å²) >= 11 is 0. The van der Waals surface area contributed by atoms with Crippen molar-refractivity contribution in [3.05, 3.63) is 99.6 Å². The van der Waals surface area contributed by atoms with E-state index in [4.69, 9.17) is 0 Å². The van der Waals surface area contributed by atoms with Crippen molar-refractivity contribution < 1.29 is 21.2 Å². The van der Waals surface area contributed by atoms with E-state index in [0.717, 1.165) is 61.0 Å². The largest absolute Gasteiger partial charge is 0.493 e. The molecule has 0 spiro atoms. The second-order valence-corrected chi connectivity index (χ2v) is 18.6. The van der Waals surface area contributed by atoms with Gasteiger partial charge >= 0.3 is 0 Å². The van der Waals surface area contributed by atoms with Crippen molar-refractivity contribution in [2.24, 2.45) is 0 Å². The van der Waals surface area contributed by atoms with Crippen molar-refractivity contribution in [3.63, 3.8) is 0 Å². The first-order valence-electron chi connectivity index (χ1n) is 26.5. The van der Waals surface area contributed by atoms with Crippen LogP contribution in [0.4, 0.5) is 0 Å². The van der Waals surface area contributed by atoms with Crippen LogP contribution in [0.1, 0.15) is 268 Å². The monoisotopic (exact) mass is 877 g/mol. The quantitative estimate of drug-likeness (QED) is 0.0363. The van der Waals surface area contributed by atoms with Gasteiger partial charge in [0.1, 0.15) is 0 Å². The maximum Gasteiger partial charge on any atom is 0.215 e. The average Bonchev–Trinajstić information content (AvgIpc) is 3.54. The van der Waals surface area contributed by atoms with Gasteiger partial charge in [-0.15, -0.1) is 0 Å². The Balaban J connectivity index is 0.0000128. The van der Waals surface area contributed by atoms with Crippen LogP contribution in [0, 0.1) is 0 Å². The van der Waals surface area contributed by atoms with Crippen molar-refractivity contribution in [1.29, 1.82) is 0 Å². The predicted octanol–water partition coefficient (Wildman–Crippen LogP) is 19.8. The molecule has 2 aromatic rings. The molecule has 0 fully saturated rings. The van der Waals surface area contributed by atoms with Gasteiger partial charge in [-0.3, -0.25) is 0 Å². The SMILES string of the molecule is CCCCCCCCCCCCCCCCCCCCCCCCC=CC1=C(c2cccc(CCCCCC)c2)[N+](=[N-])C(c2cccc(CCCCCC)c2)=C1CCCC.[Ni]. The van der Waals surface area contributed by atoms with Crippen LogP contribution in [-0.4, -0.2) is 4.70 Å². The summed E-state index contributed by atoms with van der Waals surface area (Å²) < 4.78 is 1.57. The number of unbranched alkanes of at least 4 members (excludes halogenated alkanes) is 29. The molecule has 3 rings (SSSR count). The number of benzene rings is 2. The smallest absolute Gasteiger partial charge is 0.215 e. The molecule has 346 valence electrons. The molecule has 0 aromatic heterocycles. The minimum absolute atomic E-state index is 0. The van der Waals surface area contributed by atoms with Gasteiger partial charge in [-0.25, -0.2) is 4.70 Å². The fraction of sp³-hybridized carbons (Fsp3) is 0.690. The van der Waals surface area contributed by atoms with Gasteiger partial charge in [0.05, 0.1) is 5.57 Å². The molecule has 1 heterocycles. The molecular formula is C58H94N2Ni. The van der Waals surface area contributed by atoms with Crippen molar-refractivity contribution in [2.75, 3.05) is 0 Å². The van der Waals surface area contributed by atoms with Gasteiger partial charge in [-0.2, -0.15) is 0 Å². The third kappa shape index (κ3) is 23.3. The van der Waals surface area contributed by atoms with Crippen LogP contribution < -0.4 is 0 Å². The zero-order valence-electron chi connectivity index (χ0n) is 40.4. The summed E-state index contributed by atoms with van der Waals surface area (Å²) in [4.78, 5) is 0. The van der Waals surface area contributed by atoms with E-state index >= 15 is 0 Å². The van der Waals surface area contributed by atoms with E-state index in [-0.39, 0.29) is 16.5 Å². The number of nitrogens with zero attached hydrogens (tertiary/aromatic N) is 2. The van der Waals surface area contributed by atoms with E-state index < -0.39 is 0 Å². The van der Waals surface area contributed by atoms with Crippen molar-refractivity contribution in [3.8, 4) is 0 Å². The van der Waals surface area contributed by atoms with Crippen LogP contribution in [0.5, 0.6) is 0 Å². The topological polar surface area (TPSA) is 25.3 Å². The van der Waals surface area contributed by atoms with Gasteiger partial charge in [0.15, 0.2) is 0 Å². The predicted molar refractivity (Wildman–Crippen MR) is 267 cm³/mol. The molecule has 0 aliphatic carbocycles. The second kappa shape index (κ2) is 37.2. The van der Waals surface area contributed by atoms with Crippen LogP contribution in [-0.2, 0) is 29.3 Å². The van der Waals surface area contributed by atoms with Gasteiger partial charge < -0.3 is 5.53 Å². The fourth-order valence-electron chi connectivity index (χ4n) is 9.32. The van der Waals surface area contributed by atoms with Crippen LogP contribution in [0.15, 0.2) is 71.8 Å². The number of aryl methyl sites for hydroxylation is 2. The van der Waals surface area contributed by atoms with Crippen LogP contribution >= 0.6 is 0 Å². The van der Waals surface area contributed by atoms with E-state index in [1.165, 1.54) is 215 Å². The Morgan fingerprint density at radius 1 is 0.410 bits per heavy atom. The Bertz CT molecular complexity index is 1500. The maximum atomic E-state index is 12.2. The Hall–Kier alpha value is -2.25. The first kappa shape index (κ1) is 54.9. The first-order valence-corrected chi connectivity index (χ1v) is 26.5. The number of hydrogen-bond donors (Lipinski definition) is 0. The summed E-state index contributed by atoms with van der Waals surface area (Å²) in [5.41, 5.74) is 21.8. The Morgan fingerprint density at radius 2 is 0.770 bits per heavy atom. The molecule has 61 heavy (non-hydrogen) atoms. The van der Waals surface area contributed by atoms with Gasteiger partial charge in [0.25, 0.3) is 0 Å². The molecule has 0 amide bonds. The second-order valence-electron chi connectivity index (χ2n) is 18.6. The van der Waals surface area contributed by atoms with E-state index in [1.54, 1.807) is 4.70 Å². The molecule has 0 atom stereocenters. The molecule has 2 nitrogen and oxygen atoms in total. The summed E-state index contributed by atoms with van der Waals surface area (Å²) in [5, 5.41) is 0. The average molecular weight is 878 g/mol. The number of allylic oxidation sites excluding steroid dienone is 4. The normalized spacial score (nSPS) is 13.0. The van der Waals surface area contributed by atoms with E-state index in [2.05, 4.69) is 88.4 Å². The summed E-state index contributed by atoms with van der Waals surface area (Å²) in [7, 11) is 0. The third-order valence-electron chi connectivity index (χ3n) is 13.1. The third-order valence-corrected chi connectivity index (χ3v) is 13.1. The summed E-state index contributed by atoms with van der Waals surface area (Å²) in [6, 6.07) is 18.1. The van der Waals surface area contributed by atoms with Crippen molar-refractivity contribution in [1.82, 2.24) is 0 Å². The van der Waals surface area contributed by atoms with Gasteiger partial charge in [0.2, 0.25) is 11.4 Å². The standard InChI is InChI=1S/C58H94N2.Ni/c1-5-9-13-16-17-18-19-20-21-22-23-24-25-26-27-28-29-30-31-32-33-34-35-38-48-56-55(47-12-8-4)57(53-45-39-43-51(49-53)41-36-14-10-6-2)60(59)58(56)54-46-40-44-52(50-54)42-37-15-11-7-3;/h38-40,43-46,48-50H,5-37,41-42,47H2,1-4H3;. The Kier molecular flexibility index (Phi) is 33.4. The molecule has 3 heteroatoms. The molecule has 0 saturated heterocycles. The summed E-state index contributed by atoms with van der Waals surface area (Å²) in [5.74, 6) is 0. The molecule has 0 bridgehead atoms. The zero-order chi connectivity index (χ0) is 42.7. The molecule has 1 aliphatic heterocycles. The van der Waals surface area contributed by atoms with Gasteiger partial charge in [0, 0.05) is 33.2 Å². The van der Waals surface area contributed by atoms with Gasteiger partial charge in [-0.05, 0) is 86.8 Å².